The minimum Gasteiger partial charge on any atom is -0.507 e. The number of likely N-dealkylation sites (tertiary alicyclic amines) is 1. The number of nitrogens with one attached hydrogen (secondary N) is 3. The summed E-state index contributed by atoms with van der Waals surface area (Å²) in [6, 6.07) is 14.9. The predicted octanol–water partition coefficient (Wildman–Crippen LogP) is 3.51. The van der Waals surface area contributed by atoms with Crippen LogP contribution in [0.5, 0.6) is 5.75 Å². The Morgan fingerprint density at radius 3 is 2.33 bits per heavy atom. The minimum atomic E-state index is -0.853. The molecule has 0 spiro atoms. The van der Waals surface area contributed by atoms with Crippen LogP contribution >= 0.6 is 0 Å². The number of allylic oxidation sites excluding steroid dienone is 2. The number of fused-ring (bicyclic) bond motifs is 3. The van der Waals surface area contributed by atoms with Gasteiger partial charge in [-0.1, -0.05) is 24.8 Å². The van der Waals surface area contributed by atoms with E-state index >= 15 is 0 Å². The first-order chi connectivity index (χ1) is 29.2. The second-order valence-corrected chi connectivity index (χ2v) is 15.1. The van der Waals surface area contributed by atoms with Gasteiger partial charge in [-0.05, 0) is 68.5 Å². The van der Waals surface area contributed by atoms with Crippen LogP contribution in [0.4, 0.5) is 11.5 Å². The summed E-state index contributed by atoms with van der Waals surface area (Å²) < 4.78 is 16.9. The van der Waals surface area contributed by atoms with Gasteiger partial charge in [-0.3, -0.25) is 28.9 Å². The maximum absolute atomic E-state index is 13.3. The van der Waals surface area contributed by atoms with Crippen molar-refractivity contribution in [3.05, 3.63) is 108 Å². The van der Waals surface area contributed by atoms with Crippen molar-refractivity contribution in [2.75, 3.05) is 76.0 Å². The third kappa shape index (κ3) is 9.84. The van der Waals surface area contributed by atoms with E-state index in [0.29, 0.717) is 95.4 Å². The molecule has 1 unspecified atom stereocenters. The minimum absolute atomic E-state index is 0.0259. The number of carbonyl (C=O) groups is 5. The highest BCUT2D eigenvalue weighted by Crippen LogP contribution is 2.35. The normalized spacial score (nSPS) is 19.7. The number of aromatic hydroxyl groups is 1. The summed E-state index contributed by atoms with van der Waals surface area (Å²) in [6.07, 6.45) is 8.07. The zero-order chi connectivity index (χ0) is 42.0. The topological polar surface area (TPSA) is 192 Å². The summed E-state index contributed by atoms with van der Waals surface area (Å²) >= 11 is 0. The number of piperidine rings is 1. The molecule has 0 saturated carbocycles. The SMILES string of the molecule is C=C1CCC(N2C(=O)c3cccc(NCCCOCCOCCOCCCNC(=O)c4ccc(N5C[C@H]6C[C@@H]5CN6/C=C/C(=O)c5ccccc5O)nc4)c3C2=O)C(=O)N1. The van der Waals surface area contributed by atoms with Crippen LogP contribution in [0.25, 0.3) is 0 Å². The Hall–Kier alpha value is -6.10. The van der Waals surface area contributed by atoms with Gasteiger partial charge in [0.15, 0.2) is 5.78 Å². The van der Waals surface area contributed by atoms with Crippen molar-refractivity contribution in [3.63, 3.8) is 0 Å². The lowest BCUT2D eigenvalue weighted by molar-refractivity contribution is -0.125. The second-order valence-electron chi connectivity index (χ2n) is 15.1. The first-order valence-corrected chi connectivity index (χ1v) is 20.4. The Kier molecular flexibility index (Phi) is 13.9. The predicted molar refractivity (Wildman–Crippen MR) is 222 cm³/mol. The zero-order valence-corrected chi connectivity index (χ0v) is 33.5. The van der Waals surface area contributed by atoms with Crippen LogP contribution in [0.15, 0.2) is 85.3 Å². The van der Waals surface area contributed by atoms with Crippen LogP contribution in [-0.2, 0) is 19.0 Å². The van der Waals surface area contributed by atoms with E-state index < -0.39 is 23.8 Å². The summed E-state index contributed by atoms with van der Waals surface area (Å²) in [5, 5.41) is 18.7. The van der Waals surface area contributed by atoms with Crippen molar-refractivity contribution >= 4 is 40.9 Å². The molecule has 0 aliphatic carbocycles. The third-order valence-corrected chi connectivity index (χ3v) is 11.0. The summed E-state index contributed by atoms with van der Waals surface area (Å²) in [6.45, 7) is 8.92. The number of para-hydroxylation sites is 1. The van der Waals surface area contributed by atoms with E-state index in [1.807, 2.05) is 12.3 Å². The lowest BCUT2D eigenvalue weighted by atomic mass is 10.0. The van der Waals surface area contributed by atoms with E-state index in [1.54, 1.807) is 48.7 Å². The molecule has 3 aromatic rings. The average molecular weight is 822 g/mol. The summed E-state index contributed by atoms with van der Waals surface area (Å²) in [5.74, 6) is -0.957. The monoisotopic (exact) mass is 821 g/mol. The van der Waals surface area contributed by atoms with E-state index in [9.17, 15) is 29.1 Å². The molecule has 7 rings (SSSR count). The number of phenols is 1. The van der Waals surface area contributed by atoms with Gasteiger partial charge in [-0.15, -0.1) is 0 Å². The van der Waals surface area contributed by atoms with E-state index in [-0.39, 0.29) is 46.2 Å². The summed E-state index contributed by atoms with van der Waals surface area (Å²) in [4.78, 5) is 74.1. The fourth-order valence-electron chi connectivity index (χ4n) is 7.95. The molecule has 3 atom stereocenters. The number of benzene rings is 2. The molecule has 3 fully saturated rings. The quantitative estimate of drug-likeness (QED) is 0.0529. The number of nitrogens with zero attached hydrogens (tertiary/aromatic N) is 4. The molecule has 2 aromatic carbocycles. The first-order valence-electron chi connectivity index (χ1n) is 20.4. The molecule has 5 heterocycles. The average Bonchev–Trinajstić information content (AvgIpc) is 3.93. The van der Waals surface area contributed by atoms with Gasteiger partial charge in [0, 0.05) is 81.3 Å². The number of phenolic OH excluding ortho intramolecular Hbond substituents is 1. The molecule has 2 bridgehead atoms. The van der Waals surface area contributed by atoms with E-state index in [2.05, 4.69) is 37.3 Å². The molecule has 16 heteroatoms. The van der Waals surface area contributed by atoms with Crippen molar-refractivity contribution in [2.24, 2.45) is 0 Å². The molecule has 1 aromatic heterocycles. The van der Waals surface area contributed by atoms with Gasteiger partial charge in [0.1, 0.15) is 17.6 Å². The molecule has 4 aliphatic rings. The molecule has 0 radical (unpaired) electrons. The first kappa shape index (κ1) is 42.0. The number of ether oxygens (including phenoxy) is 3. The molecule has 60 heavy (non-hydrogen) atoms. The fourth-order valence-corrected chi connectivity index (χ4v) is 7.95. The lowest BCUT2D eigenvalue weighted by Crippen LogP contribution is -2.51. The highest BCUT2D eigenvalue weighted by molar-refractivity contribution is 6.25. The smallest absolute Gasteiger partial charge is 0.264 e. The van der Waals surface area contributed by atoms with Gasteiger partial charge in [0.25, 0.3) is 17.7 Å². The number of anilines is 2. The number of imide groups is 1. The maximum atomic E-state index is 13.3. The second kappa shape index (κ2) is 19.8. The standard InChI is InChI=1S/C44H51N7O9/c1-29-11-13-36(42(55)48-29)51-43(56)34-8-4-9-35(40(34)44(51)57)45-16-5-19-58-21-23-60-24-22-59-20-6-17-46-41(54)30-12-14-39(47-26-30)50-28-31-25-32(50)27-49(31)18-15-38(53)33-7-2-3-10-37(33)52/h2-4,7-10,12,14-15,18,26,31-32,36,45,52H,1,5-6,11,13,16-17,19-25,27-28H2,(H,46,54)(H,48,55)/b18-15+/t31-,32-,36?/m1/s1. The number of hydrogen-bond acceptors (Lipinski definition) is 13. The Morgan fingerprint density at radius 2 is 1.63 bits per heavy atom. The highest BCUT2D eigenvalue weighted by atomic mass is 16.5. The number of hydrogen-bond donors (Lipinski definition) is 4. The van der Waals surface area contributed by atoms with Gasteiger partial charge >= 0.3 is 0 Å². The van der Waals surface area contributed by atoms with Crippen LogP contribution in [0.3, 0.4) is 0 Å². The molecule has 316 valence electrons. The number of carbonyl (C=O) groups excluding carboxylic acids is 5. The Morgan fingerprint density at radius 1 is 0.883 bits per heavy atom. The molecule has 4 N–H and O–H groups in total. The number of piperazine rings is 1. The van der Waals surface area contributed by atoms with Crippen molar-refractivity contribution in [1.82, 2.24) is 25.4 Å². The molecular weight excluding hydrogens is 771 g/mol. The fraction of sp³-hybridized carbons (Fsp3) is 0.409. The van der Waals surface area contributed by atoms with E-state index in [0.717, 1.165) is 30.2 Å². The highest BCUT2D eigenvalue weighted by Gasteiger charge is 2.45. The third-order valence-electron chi connectivity index (χ3n) is 11.0. The Bertz CT molecular complexity index is 2110. The summed E-state index contributed by atoms with van der Waals surface area (Å²) in [7, 11) is 0. The number of aromatic nitrogens is 1. The number of rotatable bonds is 21. The largest absolute Gasteiger partial charge is 0.507 e. The van der Waals surface area contributed by atoms with E-state index in [1.165, 1.54) is 12.1 Å². The van der Waals surface area contributed by atoms with Crippen LogP contribution in [-0.4, -0.2) is 133 Å². The van der Waals surface area contributed by atoms with Crippen LogP contribution < -0.4 is 20.9 Å². The van der Waals surface area contributed by atoms with Gasteiger partial charge in [-0.25, -0.2) is 4.98 Å². The van der Waals surface area contributed by atoms with Crippen molar-refractivity contribution in [3.8, 4) is 5.75 Å². The van der Waals surface area contributed by atoms with Crippen molar-refractivity contribution < 1.29 is 43.3 Å². The van der Waals surface area contributed by atoms with E-state index in [4.69, 9.17) is 14.2 Å². The zero-order valence-electron chi connectivity index (χ0n) is 33.5. The molecule has 4 aliphatic heterocycles. The van der Waals surface area contributed by atoms with Crippen molar-refractivity contribution in [1.29, 1.82) is 0 Å². The number of ketones is 1. The maximum Gasteiger partial charge on any atom is 0.264 e. The molecule has 3 saturated heterocycles. The van der Waals surface area contributed by atoms with Gasteiger partial charge in [0.2, 0.25) is 5.91 Å². The van der Waals surface area contributed by atoms with Crippen molar-refractivity contribution in [2.45, 2.75) is 50.2 Å². The molecule has 16 nitrogen and oxygen atoms in total. The Balaban J connectivity index is 0.692. The summed E-state index contributed by atoms with van der Waals surface area (Å²) in [5.41, 5.74) is 2.48. The van der Waals surface area contributed by atoms with Gasteiger partial charge in [0.05, 0.1) is 48.7 Å². The number of pyridine rings is 1. The lowest BCUT2D eigenvalue weighted by Gasteiger charge is -2.34. The molecular formula is C44H51N7O9. The van der Waals surface area contributed by atoms with Crippen LogP contribution in [0.1, 0.15) is 73.5 Å². The van der Waals surface area contributed by atoms with Gasteiger partial charge in [-0.2, -0.15) is 0 Å². The van der Waals surface area contributed by atoms with Crippen LogP contribution in [0, 0.1) is 0 Å². The number of amides is 4. The van der Waals surface area contributed by atoms with Crippen LogP contribution in [0.2, 0.25) is 0 Å². The molecule has 4 amide bonds. The Labute approximate surface area is 348 Å². The van der Waals surface area contributed by atoms with Gasteiger partial charge < -0.3 is 45.1 Å².